The van der Waals surface area contributed by atoms with Gasteiger partial charge in [-0.25, -0.2) is 0 Å². The highest BCUT2D eigenvalue weighted by Gasteiger charge is 2.11. The van der Waals surface area contributed by atoms with Gasteiger partial charge in [-0.15, -0.1) is 0 Å². The lowest BCUT2D eigenvalue weighted by molar-refractivity contribution is 0.101. The highest BCUT2D eigenvalue weighted by molar-refractivity contribution is 9.10. The van der Waals surface area contributed by atoms with Gasteiger partial charge in [-0.05, 0) is 95.2 Å². The van der Waals surface area contributed by atoms with E-state index in [-0.39, 0.29) is 11.8 Å². The maximum atomic E-state index is 12.6. The topological polar surface area (TPSA) is 58.2 Å². The molecular formula is C28H31BrN2O2. The lowest BCUT2D eigenvalue weighted by Gasteiger charge is -2.11. The Labute approximate surface area is 204 Å². The monoisotopic (exact) mass is 506 g/mol. The predicted molar refractivity (Wildman–Crippen MR) is 140 cm³/mol. The summed E-state index contributed by atoms with van der Waals surface area (Å²) < 4.78 is 0.697. The number of amides is 2. The molecule has 0 radical (unpaired) electrons. The Morgan fingerprint density at radius 2 is 1.18 bits per heavy atom. The molecule has 4 nitrogen and oxygen atoms in total. The average Bonchev–Trinajstić information content (AvgIpc) is 2.83. The second-order valence-electron chi connectivity index (χ2n) is 8.20. The Hall–Kier alpha value is -2.92. The Bertz CT molecular complexity index is 1080. The van der Waals surface area contributed by atoms with Crippen LogP contribution in [-0.2, 0) is 12.8 Å². The number of benzene rings is 3. The van der Waals surface area contributed by atoms with Crippen LogP contribution in [-0.4, -0.2) is 11.8 Å². The summed E-state index contributed by atoms with van der Waals surface area (Å²) in [5.41, 5.74) is 5.01. The van der Waals surface area contributed by atoms with Crippen molar-refractivity contribution in [2.75, 3.05) is 10.6 Å². The molecule has 172 valence electrons. The Morgan fingerprint density at radius 3 is 1.64 bits per heavy atom. The Morgan fingerprint density at radius 1 is 0.697 bits per heavy atom. The molecule has 0 spiro atoms. The number of hydrogen-bond donors (Lipinski definition) is 2. The minimum absolute atomic E-state index is 0.163. The fraction of sp³-hybridized carbons (Fsp3) is 0.286. The molecule has 3 rings (SSSR count). The number of unbranched alkanes of at least 4 members (excludes halogenated alkanes) is 2. The summed E-state index contributed by atoms with van der Waals surface area (Å²) in [7, 11) is 0. The third-order valence-electron chi connectivity index (χ3n) is 5.55. The zero-order valence-electron chi connectivity index (χ0n) is 19.3. The zero-order chi connectivity index (χ0) is 23.6. The van der Waals surface area contributed by atoms with E-state index in [1.807, 2.05) is 48.5 Å². The first-order chi connectivity index (χ1) is 16.0. The van der Waals surface area contributed by atoms with E-state index >= 15 is 0 Å². The second-order valence-corrected chi connectivity index (χ2v) is 9.06. The number of hydrogen-bond acceptors (Lipinski definition) is 2. The van der Waals surface area contributed by atoms with Crippen molar-refractivity contribution in [2.45, 2.75) is 52.4 Å². The van der Waals surface area contributed by atoms with Gasteiger partial charge in [0.05, 0.1) is 5.69 Å². The van der Waals surface area contributed by atoms with E-state index in [0.717, 1.165) is 38.5 Å². The fourth-order valence-corrected chi connectivity index (χ4v) is 3.98. The van der Waals surface area contributed by atoms with Gasteiger partial charge in [-0.2, -0.15) is 0 Å². The van der Waals surface area contributed by atoms with E-state index in [9.17, 15) is 9.59 Å². The molecule has 2 amide bonds. The third kappa shape index (κ3) is 7.29. The standard InChI is InChI=1S/C28H31BrN2O2/c1-3-5-7-20-9-13-22(14-10-20)27(32)30-24-17-18-26(25(29)19-24)31-28(33)23-15-11-21(12-16-23)8-6-4-2/h9-19H,3-8H2,1-2H3,(H,30,32)(H,31,33). The first-order valence-corrected chi connectivity index (χ1v) is 12.4. The van der Waals surface area contributed by atoms with Gasteiger partial charge in [0.15, 0.2) is 0 Å². The molecular weight excluding hydrogens is 476 g/mol. The average molecular weight is 507 g/mol. The van der Waals surface area contributed by atoms with Crippen molar-refractivity contribution in [1.82, 2.24) is 0 Å². The van der Waals surface area contributed by atoms with Crippen LogP contribution in [0.25, 0.3) is 0 Å². The van der Waals surface area contributed by atoms with Crippen LogP contribution >= 0.6 is 15.9 Å². The number of aryl methyl sites for hydroxylation is 2. The normalized spacial score (nSPS) is 10.6. The lowest BCUT2D eigenvalue weighted by atomic mass is 10.1. The quantitative estimate of drug-likeness (QED) is 0.296. The molecule has 0 atom stereocenters. The second kappa shape index (κ2) is 12.4. The number of anilines is 2. The van der Waals surface area contributed by atoms with Gasteiger partial charge in [0, 0.05) is 21.3 Å². The summed E-state index contributed by atoms with van der Waals surface area (Å²) in [6.45, 7) is 4.34. The number of rotatable bonds is 10. The summed E-state index contributed by atoms with van der Waals surface area (Å²) in [4.78, 5) is 25.2. The van der Waals surface area contributed by atoms with Crippen molar-refractivity contribution in [3.8, 4) is 0 Å². The summed E-state index contributed by atoms with van der Waals surface area (Å²) in [6, 6.07) is 20.8. The van der Waals surface area contributed by atoms with Gasteiger partial charge in [0.1, 0.15) is 0 Å². The molecule has 0 saturated heterocycles. The molecule has 0 heterocycles. The molecule has 3 aromatic carbocycles. The van der Waals surface area contributed by atoms with Gasteiger partial charge >= 0.3 is 0 Å². The predicted octanol–water partition coefficient (Wildman–Crippen LogP) is 7.64. The van der Waals surface area contributed by atoms with Crippen LogP contribution in [0.1, 0.15) is 71.4 Å². The lowest BCUT2D eigenvalue weighted by Crippen LogP contribution is -2.14. The molecule has 2 N–H and O–H groups in total. The van der Waals surface area contributed by atoms with Crippen LogP contribution in [0, 0.1) is 0 Å². The number of carbonyl (C=O) groups excluding carboxylic acids is 2. The van der Waals surface area contributed by atoms with Crippen molar-refractivity contribution in [3.63, 3.8) is 0 Å². The maximum Gasteiger partial charge on any atom is 0.255 e. The molecule has 0 aliphatic heterocycles. The van der Waals surface area contributed by atoms with Gasteiger partial charge in [0.25, 0.3) is 11.8 Å². The van der Waals surface area contributed by atoms with Crippen LogP contribution in [0.2, 0.25) is 0 Å². The van der Waals surface area contributed by atoms with Gasteiger partial charge in [0.2, 0.25) is 0 Å². The molecule has 0 aliphatic carbocycles. The van der Waals surface area contributed by atoms with Crippen molar-refractivity contribution in [1.29, 1.82) is 0 Å². The van der Waals surface area contributed by atoms with Crippen LogP contribution in [0.4, 0.5) is 11.4 Å². The highest BCUT2D eigenvalue weighted by atomic mass is 79.9. The summed E-state index contributed by atoms with van der Waals surface area (Å²) in [6.07, 6.45) is 6.65. The van der Waals surface area contributed by atoms with E-state index in [1.165, 1.54) is 11.1 Å². The van der Waals surface area contributed by atoms with Gasteiger partial charge < -0.3 is 10.6 Å². The molecule has 5 heteroatoms. The summed E-state index contributed by atoms with van der Waals surface area (Å²) >= 11 is 3.50. The van der Waals surface area contributed by atoms with Crippen LogP contribution < -0.4 is 10.6 Å². The van der Waals surface area contributed by atoms with Crippen molar-refractivity contribution in [3.05, 3.63) is 93.5 Å². The molecule has 0 saturated carbocycles. The minimum Gasteiger partial charge on any atom is -0.322 e. The molecule has 3 aromatic rings. The SMILES string of the molecule is CCCCc1ccc(C(=O)Nc2ccc(NC(=O)c3ccc(CCCC)cc3)c(Br)c2)cc1. The largest absolute Gasteiger partial charge is 0.322 e. The summed E-state index contributed by atoms with van der Waals surface area (Å²) in [5.74, 6) is -0.332. The molecule has 0 aliphatic rings. The molecule has 0 unspecified atom stereocenters. The Kier molecular flexibility index (Phi) is 9.25. The third-order valence-corrected chi connectivity index (χ3v) is 6.20. The van der Waals surface area contributed by atoms with Crippen molar-refractivity contribution >= 4 is 39.1 Å². The van der Waals surface area contributed by atoms with Crippen molar-refractivity contribution in [2.24, 2.45) is 0 Å². The first kappa shape index (κ1) is 24.7. The molecule has 0 fully saturated rings. The molecule has 0 bridgehead atoms. The molecule has 33 heavy (non-hydrogen) atoms. The summed E-state index contributed by atoms with van der Waals surface area (Å²) in [5, 5.41) is 5.84. The number of carbonyl (C=O) groups is 2. The van der Waals surface area contributed by atoms with Crippen LogP contribution in [0.15, 0.2) is 71.2 Å². The minimum atomic E-state index is -0.169. The molecule has 0 aromatic heterocycles. The van der Waals surface area contributed by atoms with Gasteiger partial charge in [-0.3, -0.25) is 9.59 Å². The van der Waals surface area contributed by atoms with E-state index < -0.39 is 0 Å². The van der Waals surface area contributed by atoms with Crippen molar-refractivity contribution < 1.29 is 9.59 Å². The number of nitrogens with one attached hydrogen (secondary N) is 2. The smallest absolute Gasteiger partial charge is 0.255 e. The first-order valence-electron chi connectivity index (χ1n) is 11.6. The van der Waals surface area contributed by atoms with E-state index in [0.29, 0.717) is 27.0 Å². The zero-order valence-corrected chi connectivity index (χ0v) is 20.9. The van der Waals surface area contributed by atoms with E-state index in [2.05, 4.69) is 40.4 Å². The maximum absolute atomic E-state index is 12.6. The van der Waals surface area contributed by atoms with E-state index in [4.69, 9.17) is 0 Å². The van der Waals surface area contributed by atoms with Crippen LogP contribution in [0.5, 0.6) is 0 Å². The fourth-order valence-electron chi connectivity index (χ4n) is 3.50. The Balaban J connectivity index is 1.60. The number of halogens is 1. The van der Waals surface area contributed by atoms with Crippen LogP contribution in [0.3, 0.4) is 0 Å². The highest BCUT2D eigenvalue weighted by Crippen LogP contribution is 2.27. The van der Waals surface area contributed by atoms with E-state index in [1.54, 1.807) is 18.2 Å². The van der Waals surface area contributed by atoms with Gasteiger partial charge in [-0.1, -0.05) is 51.0 Å².